The van der Waals surface area contributed by atoms with Gasteiger partial charge in [0, 0.05) is 16.9 Å². The highest BCUT2D eigenvalue weighted by molar-refractivity contribution is 7.15. The van der Waals surface area contributed by atoms with Crippen LogP contribution >= 0.6 is 11.3 Å². The van der Waals surface area contributed by atoms with Gasteiger partial charge < -0.3 is 9.47 Å². The molecule has 1 aromatic heterocycles. The lowest BCUT2D eigenvalue weighted by Crippen LogP contribution is -2.13. The molecule has 0 aliphatic heterocycles. The number of rotatable bonds is 9. The fourth-order valence-corrected chi connectivity index (χ4v) is 4.52. The van der Waals surface area contributed by atoms with Crippen LogP contribution in [0.4, 0.5) is 0 Å². The van der Waals surface area contributed by atoms with E-state index in [0.717, 1.165) is 39.6 Å². The van der Waals surface area contributed by atoms with Crippen LogP contribution in [0.2, 0.25) is 0 Å². The maximum absolute atomic E-state index is 12.0. The largest absolute Gasteiger partial charge is 0.493 e. The minimum absolute atomic E-state index is 0.200. The van der Waals surface area contributed by atoms with Crippen LogP contribution in [0.1, 0.15) is 66.8 Å². The molecule has 0 aliphatic rings. The van der Waals surface area contributed by atoms with Gasteiger partial charge in [-0.05, 0) is 56.4 Å². The zero-order valence-electron chi connectivity index (χ0n) is 19.9. The van der Waals surface area contributed by atoms with Gasteiger partial charge in [-0.3, -0.25) is 4.79 Å². The smallest absolute Gasteiger partial charge is 0.313 e. The molecule has 0 fully saturated rings. The second-order valence-corrected chi connectivity index (χ2v) is 9.60. The van der Waals surface area contributed by atoms with Crippen LogP contribution in [0.5, 0.6) is 5.75 Å². The lowest BCUT2D eigenvalue weighted by atomic mass is 9.99. The predicted octanol–water partition coefficient (Wildman–Crippen LogP) is 6.84. The first-order valence-electron chi connectivity index (χ1n) is 11.3. The molecule has 0 amide bonds. The third-order valence-corrected chi connectivity index (χ3v) is 6.71. The second kappa shape index (κ2) is 10.8. The molecule has 0 radical (unpaired) electrons. The van der Waals surface area contributed by atoms with Gasteiger partial charge in [0.1, 0.15) is 10.8 Å². The van der Waals surface area contributed by atoms with Crippen LogP contribution in [-0.2, 0) is 16.0 Å². The highest BCUT2D eigenvalue weighted by atomic mass is 32.1. The Kier molecular flexibility index (Phi) is 8.08. The normalized spacial score (nSPS) is 12.1. The maximum Gasteiger partial charge on any atom is 0.313 e. The quantitative estimate of drug-likeness (QED) is 0.334. The minimum atomic E-state index is -0.284. The number of carbonyl (C=O) groups is 1. The number of esters is 1. The van der Waals surface area contributed by atoms with E-state index < -0.39 is 0 Å². The first-order valence-corrected chi connectivity index (χ1v) is 12.1. The number of carbonyl (C=O) groups excluding carboxylic acids is 1. The fraction of sp³-hybridized carbons (Fsp3) is 0.407. The summed E-state index contributed by atoms with van der Waals surface area (Å²) in [7, 11) is 0. The van der Waals surface area contributed by atoms with E-state index in [-0.39, 0.29) is 11.9 Å². The van der Waals surface area contributed by atoms with E-state index in [4.69, 9.17) is 14.5 Å². The molecule has 32 heavy (non-hydrogen) atoms. The molecule has 0 saturated carbocycles. The van der Waals surface area contributed by atoms with Crippen molar-refractivity contribution in [1.29, 1.82) is 0 Å². The van der Waals surface area contributed by atoms with Crippen LogP contribution < -0.4 is 4.74 Å². The topological polar surface area (TPSA) is 48.4 Å². The molecule has 0 spiro atoms. The van der Waals surface area contributed by atoms with Gasteiger partial charge in [-0.1, -0.05) is 50.2 Å². The zero-order valence-corrected chi connectivity index (χ0v) is 20.7. The predicted molar refractivity (Wildman–Crippen MR) is 132 cm³/mol. The van der Waals surface area contributed by atoms with Crippen molar-refractivity contribution in [2.75, 3.05) is 13.2 Å². The summed E-state index contributed by atoms with van der Waals surface area (Å²) in [6, 6.07) is 14.6. The number of nitrogens with zero attached hydrogens (tertiary/aromatic N) is 1. The van der Waals surface area contributed by atoms with E-state index in [9.17, 15) is 4.79 Å². The van der Waals surface area contributed by atoms with E-state index in [1.54, 1.807) is 11.3 Å². The Morgan fingerprint density at radius 1 is 1.03 bits per heavy atom. The highest BCUT2D eigenvalue weighted by Crippen LogP contribution is 2.30. The number of aryl methyl sites for hydroxylation is 2. The van der Waals surface area contributed by atoms with Gasteiger partial charge in [0.05, 0.1) is 24.8 Å². The summed E-state index contributed by atoms with van der Waals surface area (Å²) >= 11 is 1.73. The number of hydrogen-bond acceptors (Lipinski definition) is 5. The van der Waals surface area contributed by atoms with Crippen molar-refractivity contribution in [3.8, 4) is 16.3 Å². The summed E-state index contributed by atoms with van der Waals surface area (Å²) in [5.74, 6) is 0.880. The Hall–Kier alpha value is -2.66. The molecule has 3 rings (SSSR count). The summed E-state index contributed by atoms with van der Waals surface area (Å²) in [5.41, 5.74) is 5.55. The highest BCUT2D eigenvalue weighted by Gasteiger charge is 2.17. The molecule has 1 unspecified atom stereocenters. The average molecular weight is 452 g/mol. The molecule has 0 bridgehead atoms. The molecule has 5 heteroatoms. The first-order chi connectivity index (χ1) is 15.3. The fourth-order valence-electron chi connectivity index (χ4n) is 3.56. The second-order valence-electron chi connectivity index (χ2n) is 8.40. The van der Waals surface area contributed by atoms with Gasteiger partial charge in [-0.25, -0.2) is 4.98 Å². The van der Waals surface area contributed by atoms with Crippen molar-refractivity contribution in [1.82, 2.24) is 4.98 Å². The number of aromatic nitrogens is 1. The van der Waals surface area contributed by atoms with Crippen LogP contribution in [0.3, 0.4) is 0 Å². The summed E-state index contributed by atoms with van der Waals surface area (Å²) < 4.78 is 11.2. The van der Waals surface area contributed by atoms with Gasteiger partial charge in [0.2, 0.25) is 0 Å². The monoisotopic (exact) mass is 451 g/mol. The third kappa shape index (κ3) is 5.77. The Bertz CT molecular complexity index is 1050. The van der Waals surface area contributed by atoms with Crippen molar-refractivity contribution >= 4 is 17.3 Å². The third-order valence-electron chi connectivity index (χ3n) is 5.65. The zero-order chi connectivity index (χ0) is 23.3. The maximum atomic E-state index is 12.0. The van der Waals surface area contributed by atoms with Crippen molar-refractivity contribution in [3.05, 3.63) is 69.7 Å². The van der Waals surface area contributed by atoms with Crippen LogP contribution in [0.25, 0.3) is 10.6 Å². The first kappa shape index (κ1) is 24.0. The molecule has 2 aromatic carbocycles. The Balaban J connectivity index is 1.61. The van der Waals surface area contributed by atoms with Crippen molar-refractivity contribution < 1.29 is 14.3 Å². The molecule has 0 N–H and O–H groups in total. The molecular formula is C27H33NO3S. The molecule has 1 heterocycles. The minimum Gasteiger partial charge on any atom is -0.493 e. The number of ether oxygens (including phenoxy) is 2. The lowest BCUT2D eigenvalue weighted by Gasteiger charge is -2.14. The number of thiazole rings is 1. The lowest BCUT2D eigenvalue weighted by molar-refractivity contribution is -0.144. The van der Waals surface area contributed by atoms with Gasteiger partial charge in [-0.15, -0.1) is 11.3 Å². The molecule has 0 saturated heterocycles. The van der Waals surface area contributed by atoms with E-state index in [1.165, 1.54) is 10.4 Å². The van der Waals surface area contributed by atoms with Crippen molar-refractivity contribution in [2.45, 2.75) is 59.8 Å². The summed E-state index contributed by atoms with van der Waals surface area (Å²) in [6.07, 6.45) is 0.757. The van der Waals surface area contributed by atoms with Crippen LogP contribution in [0, 0.1) is 13.8 Å². The standard InChI is InChI=1S/C27H33NO3S/c1-7-30-27(29)19(5)23-12-13-25(18(4)16-23)31-15-14-24-20(6)32-26(28-24)22-10-8-21(9-11-22)17(2)3/h8-13,16-17,19H,7,14-15H2,1-6H3. The Morgan fingerprint density at radius 2 is 1.72 bits per heavy atom. The Morgan fingerprint density at radius 3 is 2.34 bits per heavy atom. The summed E-state index contributed by atoms with van der Waals surface area (Å²) in [4.78, 5) is 18.1. The summed E-state index contributed by atoms with van der Waals surface area (Å²) in [6.45, 7) is 13.2. The number of hydrogen-bond donors (Lipinski definition) is 0. The van der Waals surface area contributed by atoms with Crippen molar-refractivity contribution in [3.63, 3.8) is 0 Å². The SMILES string of the molecule is CCOC(=O)C(C)c1ccc(OCCc2nc(-c3ccc(C(C)C)cc3)sc2C)c(C)c1. The average Bonchev–Trinajstić information content (AvgIpc) is 3.15. The molecule has 1 atom stereocenters. The van der Waals surface area contributed by atoms with E-state index in [1.807, 2.05) is 39.0 Å². The molecule has 3 aromatic rings. The van der Waals surface area contributed by atoms with E-state index >= 15 is 0 Å². The number of benzene rings is 2. The van der Waals surface area contributed by atoms with Gasteiger partial charge in [-0.2, -0.15) is 0 Å². The van der Waals surface area contributed by atoms with Crippen LogP contribution in [0.15, 0.2) is 42.5 Å². The van der Waals surface area contributed by atoms with Crippen molar-refractivity contribution in [2.24, 2.45) is 0 Å². The molecule has 4 nitrogen and oxygen atoms in total. The van der Waals surface area contributed by atoms with E-state index in [0.29, 0.717) is 19.1 Å². The summed E-state index contributed by atoms with van der Waals surface area (Å²) in [5, 5.41) is 1.06. The molecule has 170 valence electrons. The van der Waals surface area contributed by atoms with Gasteiger partial charge >= 0.3 is 5.97 Å². The molecular weight excluding hydrogens is 418 g/mol. The van der Waals surface area contributed by atoms with Gasteiger partial charge in [0.25, 0.3) is 0 Å². The van der Waals surface area contributed by atoms with Crippen LogP contribution in [-0.4, -0.2) is 24.2 Å². The molecule has 0 aliphatic carbocycles. The van der Waals surface area contributed by atoms with Gasteiger partial charge in [0.15, 0.2) is 0 Å². The Labute approximate surface area is 195 Å². The van der Waals surface area contributed by atoms with E-state index in [2.05, 4.69) is 45.0 Å².